The van der Waals surface area contributed by atoms with Crippen LogP contribution in [-0.2, 0) is 12.8 Å². The molecule has 1 aromatic rings. The van der Waals surface area contributed by atoms with Crippen molar-refractivity contribution in [3.05, 3.63) is 17.0 Å². The van der Waals surface area contributed by atoms with Crippen LogP contribution in [0.1, 0.15) is 60.8 Å². The first-order valence-electron chi connectivity index (χ1n) is 7.76. The highest BCUT2D eigenvalue weighted by Gasteiger charge is 2.27. The Labute approximate surface area is 124 Å². The average molecular weight is 293 g/mol. The molecule has 4 nitrogen and oxygen atoms in total. The van der Waals surface area contributed by atoms with Crippen LogP contribution in [0.4, 0.5) is 0 Å². The van der Waals surface area contributed by atoms with E-state index in [1.165, 1.54) is 18.5 Å². The van der Waals surface area contributed by atoms with E-state index < -0.39 is 0 Å². The van der Waals surface area contributed by atoms with Crippen LogP contribution in [0.15, 0.2) is 0 Å². The summed E-state index contributed by atoms with van der Waals surface area (Å²) in [4.78, 5) is 12.4. The lowest BCUT2D eigenvalue weighted by Gasteiger charge is -2.29. The van der Waals surface area contributed by atoms with Crippen LogP contribution >= 0.6 is 11.8 Å². The van der Waals surface area contributed by atoms with Crippen LogP contribution in [-0.4, -0.2) is 33.1 Å². The van der Waals surface area contributed by atoms with Crippen LogP contribution in [0.5, 0.6) is 0 Å². The van der Waals surface area contributed by atoms with Crippen molar-refractivity contribution in [1.82, 2.24) is 15.5 Å². The third-order valence-electron chi connectivity index (χ3n) is 4.39. The molecule has 2 N–H and O–H groups in total. The number of carbonyl (C=O) groups is 1. The van der Waals surface area contributed by atoms with Gasteiger partial charge in [-0.1, -0.05) is 13.3 Å². The normalized spacial score (nSPS) is 25.4. The van der Waals surface area contributed by atoms with Gasteiger partial charge in [0.05, 0.1) is 0 Å². The molecule has 0 bridgehead atoms. The SMILES string of the molecule is CCS[C@H]1CCC[C@H](NC(=O)c2n[nH]c3c2CCC3)C1. The summed E-state index contributed by atoms with van der Waals surface area (Å²) in [6, 6.07) is 0.328. The second-order valence-corrected chi connectivity index (χ2v) is 7.37. The van der Waals surface area contributed by atoms with Gasteiger partial charge in [-0.25, -0.2) is 0 Å². The molecule has 2 atom stereocenters. The van der Waals surface area contributed by atoms with Gasteiger partial charge in [-0.2, -0.15) is 16.9 Å². The molecule has 0 aliphatic heterocycles. The number of fused-ring (bicyclic) bond motifs is 1. The van der Waals surface area contributed by atoms with Crippen molar-refractivity contribution in [2.24, 2.45) is 0 Å². The topological polar surface area (TPSA) is 57.8 Å². The van der Waals surface area contributed by atoms with Crippen LogP contribution in [0.3, 0.4) is 0 Å². The number of aromatic amines is 1. The summed E-state index contributed by atoms with van der Waals surface area (Å²) in [7, 11) is 0. The summed E-state index contributed by atoms with van der Waals surface area (Å²) in [5.41, 5.74) is 2.96. The molecular weight excluding hydrogens is 270 g/mol. The number of amides is 1. The lowest BCUT2D eigenvalue weighted by atomic mass is 9.95. The van der Waals surface area contributed by atoms with E-state index in [2.05, 4.69) is 22.4 Å². The summed E-state index contributed by atoms with van der Waals surface area (Å²) in [5.74, 6) is 1.19. The van der Waals surface area contributed by atoms with E-state index in [-0.39, 0.29) is 5.91 Å². The van der Waals surface area contributed by atoms with E-state index in [0.29, 0.717) is 17.0 Å². The zero-order chi connectivity index (χ0) is 13.9. The van der Waals surface area contributed by atoms with Crippen molar-refractivity contribution < 1.29 is 4.79 Å². The van der Waals surface area contributed by atoms with Gasteiger partial charge in [-0.05, 0) is 44.3 Å². The van der Waals surface area contributed by atoms with Crippen molar-refractivity contribution >= 4 is 17.7 Å². The van der Waals surface area contributed by atoms with E-state index >= 15 is 0 Å². The largest absolute Gasteiger partial charge is 0.348 e. The van der Waals surface area contributed by atoms with Crippen LogP contribution in [0, 0.1) is 0 Å². The number of carbonyl (C=O) groups excluding carboxylic acids is 1. The first-order chi connectivity index (χ1) is 9.78. The highest BCUT2D eigenvalue weighted by Crippen LogP contribution is 2.29. The monoisotopic (exact) mass is 293 g/mol. The number of thioether (sulfide) groups is 1. The van der Waals surface area contributed by atoms with Gasteiger partial charge >= 0.3 is 0 Å². The third-order valence-corrected chi connectivity index (χ3v) is 5.62. The number of nitrogens with zero attached hydrogens (tertiary/aromatic N) is 1. The molecule has 2 aliphatic carbocycles. The standard InChI is InChI=1S/C15H23N3OS/c1-2-20-11-6-3-5-10(9-11)16-15(19)14-12-7-4-8-13(12)17-18-14/h10-11H,2-9H2,1H3,(H,16,19)(H,17,18)/t10-,11-/m0/s1. The number of hydrogen-bond donors (Lipinski definition) is 2. The van der Waals surface area contributed by atoms with Gasteiger partial charge in [0, 0.05) is 22.5 Å². The maximum atomic E-state index is 12.4. The average Bonchev–Trinajstić information content (AvgIpc) is 3.01. The number of aryl methyl sites for hydroxylation is 1. The number of rotatable bonds is 4. The van der Waals surface area contributed by atoms with Crippen molar-refractivity contribution in [3.8, 4) is 0 Å². The Morgan fingerprint density at radius 1 is 1.40 bits per heavy atom. The van der Waals surface area contributed by atoms with E-state index in [1.54, 1.807) is 0 Å². The molecule has 1 aromatic heterocycles. The Morgan fingerprint density at radius 3 is 3.15 bits per heavy atom. The van der Waals surface area contributed by atoms with Crippen molar-refractivity contribution in [2.75, 3.05) is 5.75 Å². The number of H-pyrrole nitrogens is 1. The fourth-order valence-corrected chi connectivity index (χ4v) is 4.60. The van der Waals surface area contributed by atoms with Gasteiger partial charge < -0.3 is 5.32 Å². The Balaban J connectivity index is 1.61. The highest BCUT2D eigenvalue weighted by atomic mass is 32.2. The first-order valence-corrected chi connectivity index (χ1v) is 8.81. The predicted octanol–water partition coefficient (Wildman–Crippen LogP) is 2.69. The molecule has 5 heteroatoms. The minimum absolute atomic E-state index is 0.0246. The van der Waals surface area contributed by atoms with Gasteiger partial charge in [0.2, 0.25) is 0 Å². The summed E-state index contributed by atoms with van der Waals surface area (Å²) in [6.45, 7) is 2.21. The fourth-order valence-electron chi connectivity index (χ4n) is 3.42. The molecule has 0 spiro atoms. The van der Waals surface area contributed by atoms with Crippen LogP contribution in [0.2, 0.25) is 0 Å². The molecule has 1 heterocycles. The molecule has 2 aliphatic rings. The minimum Gasteiger partial charge on any atom is -0.348 e. The van der Waals surface area contributed by atoms with Gasteiger partial charge in [0.25, 0.3) is 5.91 Å². The third kappa shape index (κ3) is 2.87. The van der Waals surface area contributed by atoms with Gasteiger partial charge in [-0.15, -0.1) is 0 Å². The highest BCUT2D eigenvalue weighted by molar-refractivity contribution is 7.99. The summed E-state index contributed by atoms with van der Waals surface area (Å²) in [5, 5.41) is 11.2. The lowest BCUT2D eigenvalue weighted by molar-refractivity contribution is 0.0922. The zero-order valence-corrected chi connectivity index (χ0v) is 12.9. The zero-order valence-electron chi connectivity index (χ0n) is 12.1. The van der Waals surface area contributed by atoms with E-state index in [1.807, 2.05) is 11.8 Å². The van der Waals surface area contributed by atoms with Crippen LogP contribution in [0.25, 0.3) is 0 Å². The molecule has 0 unspecified atom stereocenters. The van der Waals surface area contributed by atoms with Crippen molar-refractivity contribution in [2.45, 2.75) is 63.2 Å². The molecule has 110 valence electrons. The second-order valence-electron chi connectivity index (χ2n) is 5.80. The van der Waals surface area contributed by atoms with Gasteiger partial charge in [0.1, 0.15) is 0 Å². The smallest absolute Gasteiger partial charge is 0.272 e. The lowest BCUT2D eigenvalue weighted by Crippen LogP contribution is -2.39. The first kappa shape index (κ1) is 14.0. The molecule has 0 saturated heterocycles. The predicted molar refractivity (Wildman–Crippen MR) is 82.3 cm³/mol. The molecule has 0 radical (unpaired) electrons. The molecule has 0 aromatic carbocycles. The number of hydrogen-bond acceptors (Lipinski definition) is 3. The Kier molecular flexibility index (Phi) is 4.34. The van der Waals surface area contributed by atoms with Gasteiger partial charge in [-0.3, -0.25) is 9.89 Å². The quantitative estimate of drug-likeness (QED) is 0.897. The Morgan fingerprint density at radius 2 is 2.30 bits per heavy atom. The van der Waals surface area contributed by atoms with E-state index in [0.717, 1.165) is 43.4 Å². The summed E-state index contributed by atoms with van der Waals surface area (Å²) >= 11 is 2.03. The summed E-state index contributed by atoms with van der Waals surface area (Å²) < 4.78 is 0. The van der Waals surface area contributed by atoms with Crippen molar-refractivity contribution in [3.63, 3.8) is 0 Å². The van der Waals surface area contributed by atoms with E-state index in [4.69, 9.17) is 0 Å². The van der Waals surface area contributed by atoms with Crippen molar-refractivity contribution in [1.29, 1.82) is 0 Å². The van der Waals surface area contributed by atoms with Gasteiger partial charge in [0.15, 0.2) is 5.69 Å². The maximum absolute atomic E-state index is 12.4. The molecule has 1 saturated carbocycles. The summed E-state index contributed by atoms with van der Waals surface area (Å²) in [6.07, 6.45) is 7.91. The maximum Gasteiger partial charge on any atom is 0.272 e. The fraction of sp³-hybridized carbons (Fsp3) is 0.733. The van der Waals surface area contributed by atoms with Crippen LogP contribution < -0.4 is 5.32 Å². The number of aromatic nitrogens is 2. The molecule has 20 heavy (non-hydrogen) atoms. The second kappa shape index (κ2) is 6.20. The molecule has 3 rings (SSSR count). The Bertz CT molecular complexity index is 483. The number of nitrogens with one attached hydrogen (secondary N) is 2. The molecular formula is C15H23N3OS. The minimum atomic E-state index is 0.0246. The molecule has 1 amide bonds. The Hall–Kier alpha value is -0.970. The van der Waals surface area contributed by atoms with E-state index in [9.17, 15) is 4.79 Å². The molecule has 1 fully saturated rings.